The number of ether oxygens (including phenoxy) is 1. The average molecular weight is 1030 g/mol. The fourth-order valence-electron chi connectivity index (χ4n) is 11.8. The van der Waals surface area contributed by atoms with Gasteiger partial charge >= 0.3 is 11.7 Å². The van der Waals surface area contributed by atoms with Crippen molar-refractivity contribution in [2.75, 3.05) is 0 Å². The molecule has 7 heteroatoms. The molecular weight excluding hydrogens is 967 g/mol. The summed E-state index contributed by atoms with van der Waals surface area (Å²) < 4.78 is 22.8. The highest BCUT2D eigenvalue weighted by molar-refractivity contribution is 6.13. The third kappa shape index (κ3) is 7.98. The molecule has 7 nitrogen and oxygen atoms in total. The Bertz CT molecular complexity index is 4660. The van der Waals surface area contributed by atoms with Crippen LogP contribution in [0.5, 0.6) is 11.5 Å². The lowest BCUT2D eigenvalue weighted by Gasteiger charge is -2.24. The summed E-state index contributed by atoms with van der Waals surface area (Å²) in [5.74, 6) is 2.28. The van der Waals surface area contributed by atoms with Crippen LogP contribution in [0.2, 0.25) is 0 Å². The van der Waals surface area contributed by atoms with E-state index in [9.17, 15) is 0 Å². The van der Waals surface area contributed by atoms with Gasteiger partial charge in [0.2, 0.25) is 11.4 Å². The molecule has 4 aromatic heterocycles. The van der Waals surface area contributed by atoms with E-state index in [-0.39, 0.29) is 16.2 Å². The van der Waals surface area contributed by atoms with E-state index in [0.29, 0.717) is 5.75 Å². The molecule has 9 aromatic carbocycles. The number of benzene rings is 9. The maximum atomic E-state index is 6.99. The molecule has 0 N–H and O–H groups in total. The van der Waals surface area contributed by atoms with E-state index in [1.807, 2.05) is 18.3 Å². The fraction of sp³-hybridized carbons (Fsp3) is 0.167. The molecule has 0 bridgehead atoms. The van der Waals surface area contributed by atoms with Crippen LogP contribution in [0.1, 0.15) is 79.0 Å². The first-order valence-corrected chi connectivity index (χ1v) is 27.4. The Morgan fingerprint density at radius 1 is 0.430 bits per heavy atom. The number of pyridine rings is 1. The summed E-state index contributed by atoms with van der Waals surface area (Å²) in [6.07, 6.45) is 1.94. The van der Waals surface area contributed by atoms with Crippen molar-refractivity contribution in [1.82, 2.24) is 23.3 Å². The summed E-state index contributed by atoms with van der Waals surface area (Å²) in [5.41, 5.74) is 16.8. The topological polar surface area (TPSA) is 51.1 Å². The Labute approximate surface area is 460 Å². The zero-order chi connectivity index (χ0) is 54.1. The average Bonchev–Trinajstić information content (AvgIpc) is 3.82. The molecule has 5 heterocycles. The fourth-order valence-corrected chi connectivity index (χ4v) is 11.8. The maximum absolute atomic E-state index is 6.99. The lowest BCUT2D eigenvalue weighted by Crippen LogP contribution is -2.17. The number of aromatic nitrogens is 3. The zero-order valence-electron chi connectivity index (χ0n) is 46.2. The van der Waals surface area contributed by atoms with Gasteiger partial charge in [0.1, 0.15) is 28.5 Å². The molecule has 0 spiro atoms. The van der Waals surface area contributed by atoms with E-state index in [0.717, 1.165) is 94.9 Å². The highest BCUT2D eigenvalue weighted by Gasteiger charge is 2.41. The summed E-state index contributed by atoms with van der Waals surface area (Å²) in [5, 5.41) is 6.90. The van der Waals surface area contributed by atoms with Crippen LogP contribution < -0.4 is 13.9 Å². The minimum absolute atomic E-state index is 0.0723. The van der Waals surface area contributed by atoms with Crippen LogP contribution in [0.4, 0.5) is 22.7 Å². The number of hydrogen-bond acceptors (Lipinski definition) is 3. The van der Waals surface area contributed by atoms with Crippen LogP contribution in [0, 0.1) is 0 Å². The Balaban J connectivity index is 0.922. The molecule has 0 saturated carbocycles. The monoisotopic (exact) mass is 1030 g/mol. The number of nitrogens with zero attached hydrogens (tertiary/aromatic N) is 5. The smallest absolute Gasteiger partial charge is 0.457 e. The first kappa shape index (κ1) is 48.1. The van der Waals surface area contributed by atoms with E-state index in [1.54, 1.807) is 0 Å². The van der Waals surface area contributed by atoms with Gasteiger partial charge in [-0.15, -0.1) is 0 Å². The molecule has 384 valence electrons. The van der Waals surface area contributed by atoms with Gasteiger partial charge in [-0.2, -0.15) is 0 Å². The van der Waals surface area contributed by atoms with Crippen molar-refractivity contribution in [3.63, 3.8) is 0 Å². The molecule has 0 saturated heterocycles. The summed E-state index contributed by atoms with van der Waals surface area (Å²) in [4.78, 5) is 5.04. The SMILES string of the molecule is CC(C)(C)c1cc([N+]2=C=[N+](c3cccc(Oc4ccc5c6cc(-n7c8ccccc8c8ccccc87)ccc6n(-c6cc(C(C)(C)C)ccn6)c5c4)c3)c3cccc(-c4cccc5c4oc4ccccc45)c32)cc(C(C)(C)C)c1. The normalized spacial score (nSPS) is 13.1. The van der Waals surface area contributed by atoms with Gasteiger partial charge in [-0.3, -0.25) is 4.57 Å². The predicted octanol–water partition coefficient (Wildman–Crippen LogP) is 19.4. The second kappa shape index (κ2) is 17.6. The van der Waals surface area contributed by atoms with E-state index in [4.69, 9.17) is 14.1 Å². The van der Waals surface area contributed by atoms with Gasteiger partial charge < -0.3 is 13.7 Å². The summed E-state index contributed by atoms with van der Waals surface area (Å²) in [6, 6.07) is 75.6. The van der Waals surface area contributed by atoms with Crippen molar-refractivity contribution in [2.45, 2.75) is 78.6 Å². The molecule has 0 aliphatic carbocycles. The van der Waals surface area contributed by atoms with Crippen molar-refractivity contribution in [3.8, 4) is 34.1 Å². The summed E-state index contributed by atoms with van der Waals surface area (Å²) >= 11 is 0. The second-order valence-electron chi connectivity index (χ2n) is 24.3. The van der Waals surface area contributed by atoms with Crippen molar-refractivity contribution in [2.24, 2.45) is 0 Å². The van der Waals surface area contributed by atoms with Crippen LogP contribution in [0.3, 0.4) is 0 Å². The highest BCUT2D eigenvalue weighted by Crippen LogP contribution is 2.48. The summed E-state index contributed by atoms with van der Waals surface area (Å²) in [7, 11) is 0. The molecule has 1 aliphatic heterocycles. The van der Waals surface area contributed by atoms with Crippen molar-refractivity contribution >= 4 is 94.3 Å². The first-order valence-electron chi connectivity index (χ1n) is 27.4. The van der Waals surface area contributed by atoms with Crippen LogP contribution in [-0.2, 0) is 16.2 Å². The minimum atomic E-state index is -0.0932. The van der Waals surface area contributed by atoms with E-state index in [1.165, 1.54) is 38.5 Å². The van der Waals surface area contributed by atoms with Crippen LogP contribution in [-0.4, -0.2) is 20.1 Å². The largest absolute Gasteiger partial charge is 0.503 e. The predicted molar refractivity (Wildman–Crippen MR) is 329 cm³/mol. The Hall–Kier alpha value is -9.29. The van der Waals surface area contributed by atoms with Crippen molar-refractivity contribution < 1.29 is 9.15 Å². The Morgan fingerprint density at radius 3 is 1.78 bits per heavy atom. The van der Waals surface area contributed by atoms with E-state index < -0.39 is 0 Å². The molecule has 0 fully saturated rings. The second-order valence-corrected chi connectivity index (χ2v) is 24.3. The molecule has 1 aliphatic rings. The molecule has 0 amide bonds. The molecule has 79 heavy (non-hydrogen) atoms. The van der Waals surface area contributed by atoms with E-state index in [2.05, 4.69) is 275 Å². The molecular formula is C72H61N5O2+2. The lowest BCUT2D eigenvalue weighted by molar-refractivity contribution is 0.483. The van der Waals surface area contributed by atoms with Crippen LogP contribution >= 0.6 is 0 Å². The molecule has 0 unspecified atom stereocenters. The van der Waals surface area contributed by atoms with Gasteiger partial charge in [-0.05, 0) is 115 Å². The Kier molecular flexibility index (Phi) is 10.7. The van der Waals surface area contributed by atoms with Crippen molar-refractivity contribution in [1.29, 1.82) is 0 Å². The quantitative estimate of drug-likeness (QED) is 0.150. The standard InChI is InChI=1S/C72H61N5O2/c1-70(2,3)45-35-36-73-67(40-45)77-63-34-31-49(76-61-27-13-10-21-53(61)54-22-11-14-28-62(54)76)42-60(63)55-33-32-52(43-65(55)77)78-51-20-16-19-48(41-51)74-44-75(50-38-46(71(4,5)6)37-47(39-50)72(7,8)9)68-57(24-18-29-64(68)74)59-26-17-25-58-56-23-12-15-30-66(56)79-69(58)59/h10-43H,1-9H3/q+2. The number of fused-ring (bicyclic) bond motifs is 10. The highest BCUT2D eigenvalue weighted by atomic mass is 16.5. The first-order chi connectivity index (χ1) is 38.0. The number of hydrogen-bond donors (Lipinski definition) is 0. The molecule has 0 radical (unpaired) electrons. The van der Waals surface area contributed by atoms with Gasteiger partial charge in [0.05, 0.1) is 33.7 Å². The van der Waals surface area contributed by atoms with Crippen molar-refractivity contribution in [3.05, 3.63) is 223 Å². The summed E-state index contributed by atoms with van der Waals surface area (Å²) in [6.45, 7) is 20.5. The zero-order valence-corrected chi connectivity index (χ0v) is 46.2. The van der Waals surface area contributed by atoms with Crippen LogP contribution in [0.15, 0.2) is 211 Å². The molecule has 13 aromatic rings. The number of furan rings is 1. The number of para-hydroxylation sites is 5. The van der Waals surface area contributed by atoms with Gasteiger partial charge in [-0.1, -0.05) is 153 Å². The minimum Gasteiger partial charge on any atom is -0.457 e. The molecule has 0 atom stereocenters. The van der Waals surface area contributed by atoms with Crippen LogP contribution in [0.25, 0.3) is 88.2 Å². The lowest BCUT2D eigenvalue weighted by atomic mass is 9.80. The van der Waals surface area contributed by atoms with Gasteiger partial charge in [0, 0.05) is 80.1 Å². The molecule has 14 rings (SSSR count). The maximum Gasteiger partial charge on any atom is 0.503 e. The van der Waals surface area contributed by atoms with Gasteiger partial charge in [0.25, 0.3) is 5.69 Å². The van der Waals surface area contributed by atoms with Gasteiger partial charge in [-0.25, -0.2) is 4.98 Å². The van der Waals surface area contributed by atoms with Gasteiger partial charge in [0.15, 0.2) is 0 Å². The van der Waals surface area contributed by atoms with E-state index >= 15 is 0 Å². The third-order valence-corrected chi connectivity index (χ3v) is 16.0. The number of rotatable bonds is 7. The third-order valence-electron chi connectivity index (χ3n) is 16.0. The Morgan fingerprint density at radius 2 is 1.05 bits per heavy atom.